The zero-order chi connectivity index (χ0) is 11.7. The van der Waals surface area contributed by atoms with Crippen LogP contribution in [0.3, 0.4) is 0 Å². The number of anilines is 1. The zero-order valence-corrected chi connectivity index (χ0v) is 11.8. The van der Waals surface area contributed by atoms with Gasteiger partial charge in [0.25, 0.3) is 0 Å². The van der Waals surface area contributed by atoms with Crippen molar-refractivity contribution in [2.75, 3.05) is 5.32 Å². The number of nitrogens with one attached hydrogen (secondary N) is 1. The molecule has 1 aromatic carbocycles. The molecule has 17 heavy (non-hydrogen) atoms. The SMILES string of the molecule is CC(Nc1cccc2n[se]nc12)c1ccsc1. The van der Waals surface area contributed by atoms with Crippen LogP contribution in [0.2, 0.25) is 0 Å². The van der Waals surface area contributed by atoms with E-state index in [1.165, 1.54) is 5.56 Å². The second-order valence-electron chi connectivity index (χ2n) is 3.86. The van der Waals surface area contributed by atoms with E-state index in [9.17, 15) is 0 Å². The van der Waals surface area contributed by atoms with Crippen molar-refractivity contribution in [2.24, 2.45) is 0 Å². The van der Waals surface area contributed by atoms with Gasteiger partial charge in [-0.3, -0.25) is 0 Å². The molecule has 1 N–H and O–H groups in total. The molecular weight excluding hydrogens is 297 g/mol. The third-order valence-corrected chi connectivity index (χ3v) is 4.54. The zero-order valence-electron chi connectivity index (χ0n) is 9.25. The van der Waals surface area contributed by atoms with E-state index in [-0.39, 0.29) is 15.0 Å². The van der Waals surface area contributed by atoms with Gasteiger partial charge in [-0.1, -0.05) is 0 Å². The fourth-order valence-corrected chi connectivity index (χ4v) is 3.67. The van der Waals surface area contributed by atoms with Crippen LogP contribution in [0.5, 0.6) is 0 Å². The van der Waals surface area contributed by atoms with Gasteiger partial charge in [0.05, 0.1) is 0 Å². The molecule has 0 saturated carbocycles. The Morgan fingerprint density at radius 3 is 3.06 bits per heavy atom. The summed E-state index contributed by atoms with van der Waals surface area (Å²) in [5, 5.41) is 7.78. The minimum absolute atomic E-state index is 0.0335. The molecule has 0 spiro atoms. The Morgan fingerprint density at radius 2 is 2.24 bits per heavy atom. The monoisotopic (exact) mass is 309 g/mol. The van der Waals surface area contributed by atoms with Crippen LogP contribution in [-0.4, -0.2) is 22.9 Å². The van der Waals surface area contributed by atoms with Gasteiger partial charge >= 0.3 is 110 Å². The molecule has 0 radical (unpaired) electrons. The summed E-state index contributed by atoms with van der Waals surface area (Å²) >= 11 is 1.76. The van der Waals surface area contributed by atoms with Crippen molar-refractivity contribution < 1.29 is 0 Å². The molecule has 3 nitrogen and oxygen atoms in total. The summed E-state index contributed by atoms with van der Waals surface area (Å²) in [5.74, 6) is 0. The van der Waals surface area contributed by atoms with Crippen LogP contribution >= 0.6 is 11.3 Å². The van der Waals surface area contributed by atoms with E-state index in [1.807, 2.05) is 12.1 Å². The van der Waals surface area contributed by atoms with Crippen molar-refractivity contribution in [1.82, 2.24) is 7.96 Å². The van der Waals surface area contributed by atoms with Crippen molar-refractivity contribution in [1.29, 1.82) is 0 Å². The van der Waals surface area contributed by atoms with Crippen molar-refractivity contribution in [3.05, 3.63) is 40.6 Å². The molecule has 2 heterocycles. The number of thiophene rings is 1. The van der Waals surface area contributed by atoms with Crippen molar-refractivity contribution in [3.8, 4) is 0 Å². The molecule has 0 aliphatic heterocycles. The summed E-state index contributed by atoms with van der Waals surface area (Å²) in [4.78, 5) is 0. The maximum atomic E-state index is 4.47. The number of hydrogen-bond acceptors (Lipinski definition) is 4. The molecule has 1 atom stereocenters. The molecule has 5 heteroatoms. The van der Waals surface area contributed by atoms with Gasteiger partial charge in [0.15, 0.2) is 0 Å². The molecule has 2 aromatic heterocycles. The Hall–Kier alpha value is -1.16. The number of hydrogen-bond donors (Lipinski definition) is 1. The van der Waals surface area contributed by atoms with Crippen LogP contribution in [0, 0.1) is 0 Å². The quantitative estimate of drug-likeness (QED) is 0.756. The first-order valence-electron chi connectivity index (χ1n) is 5.34. The number of fused-ring (bicyclic) bond motifs is 1. The molecule has 0 bridgehead atoms. The van der Waals surface area contributed by atoms with E-state index in [4.69, 9.17) is 0 Å². The summed E-state index contributed by atoms with van der Waals surface area (Å²) < 4.78 is 8.86. The molecule has 3 aromatic rings. The number of benzene rings is 1. The second kappa shape index (κ2) is 4.61. The van der Waals surface area contributed by atoms with Crippen LogP contribution in [0.1, 0.15) is 18.5 Å². The van der Waals surface area contributed by atoms with Gasteiger partial charge in [-0.25, -0.2) is 0 Å². The Kier molecular flexibility index (Phi) is 2.97. The predicted octanol–water partition coefficient (Wildman–Crippen LogP) is 2.92. The van der Waals surface area contributed by atoms with E-state index in [2.05, 4.69) is 43.1 Å². The molecule has 86 valence electrons. The summed E-state index contributed by atoms with van der Waals surface area (Å²) in [6, 6.07) is 8.57. The van der Waals surface area contributed by atoms with Crippen molar-refractivity contribution in [3.63, 3.8) is 0 Å². The minimum atomic E-state index is 0.0335. The van der Waals surface area contributed by atoms with E-state index in [0.29, 0.717) is 6.04 Å². The van der Waals surface area contributed by atoms with Crippen molar-refractivity contribution >= 4 is 43.0 Å². The van der Waals surface area contributed by atoms with Gasteiger partial charge in [-0.2, -0.15) is 0 Å². The van der Waals surface area contributed by atoms with Crippen LogP contribution in [0.25, 0.3) is 11.0 Å². The van der Waals surface area contributed by atoms with Crippen LogP contribution in [0.15, 0.2) is 35.0 Å². The standard InChI is InChI=1S/C12H11N3SSe/c1-8(9-5-6-16-7-9)13-10-3-2-4-11-12(10)15-17-14-11/h2-8,13H,1H3. The van der Waals surface area contributed by atoms with E-state index < -0.39 is 0 Å². The van der Waals surface area contributed by atoms with Crippen LogP contribution in [0.4, 0.5) is 5.69 Å². The average Bonchev–Trinajstić information content (AvgIpc) is 3.00. The summed E-state index contributed by atoms with van der Waals surface area (Å²) in [6.07, 6.45) is 0. The van der Waals surface area contributed by atoms with Gasteiger partial charge < -0.3 is 0 Å². The first kappa shape index (κ1) is 11.0. The van der Waals surface area contributed by atoms with Gasteiger partial charge in [0.1, 0.15) is 0 Å². The van der Waals surface area contributed by atoms with E-state index >= 15 is 0 Å². The Bertz CT molecular complexity index is 618. The van der Waals surface area contributed by atoms with Crippen LogP contribution < -0.4 is 5.32 Å². The fourth-order valence-electron chi connectivity index (χ4n) is 1.76. The van der Waals surface area contributed by atoms with Crippen molar-refractivity contribution in [2.45, 2.75) is 13.0 Å². The molecule has 3 rings (SSSR count). The second-order valence-corrected chi connectivity index (χ2v) is 5.75. The number of aromatic nitrogens is 2. The molecule has 1 unspecified atom stereocenters. The molecule has 0 fully saturated rings. The normalized spacial score (nSPS) is 12.8. The topological polar surface area (TPSA) is 37.8 Å². The first-order valence-corrected chi connectivity index (χ1v) is 7.82. The van der Waals surface area contributed by atoms with E-state index in [1.54, 1.807) is 11.3 Å². The summed E-state index contributed by atoms with van der Waals surface area (Å²) in [7, 11) is 0. The number of rotatable bonds is 3. The summed E-state index contributed by atoms with van der Waals surface area (Å²) in [6.45, 7) is 2.17. The maximum absolute atomic E-state index is 4.47. The summed E-state index contributed by atoms with van der Waals surface area (Å²) in [5.41, 5.74) is 4.44. The van der Waals surface area contributed by atoms with Gasteiger partial charge in [-0.15, -0.1) is 0 Å². The van der Waals surface area contributed by atoms with Crippen LogP contribution in [-0.2, 0) is 0 Å². The molecule has 0 aliphatic carbocycles. The Morgan fingerprint density at radius 1 is 1.29 bits per heavy atom. The van der Waals surface area contributed by atoms with Gasteiger partial charge in [-0.05, 0) is 0 Å². The molecule has 0 amide bonds. The van der Waals surface area contributed by atoms with Gasteiger partial charge in [0, 0.05) is 0 Å². The molecule has 0 aliphatic rings. The van der Waals surface area contributed by atoms with E-state index in [0.717, 1.165) is 16.7 Å². The molecule has 0 saturated heterocycles. The third kappa shape index (κ3) is 2.14. The van der Waals surface area contributed by atoms with Gasteiger partial charge in [0.2, 0.25) is 0 Å². The average molecular weight is 308 g/mol. The number of nitrogens with zero attached hydrogens (tertiary/aromatic N) is 2. The molecular formula is C12H11N3SSe. The Balaban J connectivity index is 1.92. The third-order valence-electron chi connectivity index (χ3n) is 2.70. The first-order chi connectivity index (χ1) is 8.34. The Labute approximate surface area is 110 Å². The fraction of sp³-hybridized carbons (Fsp3) is 0.167. The predicted molar refractivity (Wildman–Crippen MR) is 72.8 cm³/mol.